The molecule has 0 spiro atoms. The Morgan fingerprint density at radius 2 is 2.15 bits per heavy atom. The Morgan fingerprint density at radius 3 is 2.95 bits per heavy atom. The number of nitrogens with zero attached hydrogens (tertiary/aromatic N) is 3. The number of hydrogen-bond acceptors (Lipinski definition) is 5. The van der Waals surface area contributed by atoms with Gasteiger partial charge < -0.3 is 10.3 Å². The van der Waals surface area contributed by atoms with Gasteiger partial charge in [0.05, 0.1) is 6.42 Å². The predicted molar refractivity (Wildman–Crippen MR) is 75.0 cm³/mol. The molecule has 2 atom stereocenters. The Hall–Kier alpha value is -1.75. The largest absolute Gasteiger partial charge is 0.339 e. The summed E-state index contributed by atoms with van der Waals surface area (Å²) in [5, 5.41) is 4.04. The Kier molecular flexibility index (Phi) is 4.06. The van der Waals surface area contributed by atoms with Crippen molar-refractivity contribution in [1.82, 2.24) is 15.1 Å². The van der Waals surface area contributed by atoms with Crippen molar-refractivity contribution in [3.8, 4) is 0 Å². The zero-order chi connectivity index (χ0) is 13.8. The van der Waals surface area contributed by atoms with Crippen molar-refractivity contribution < 1.29 is 4.52 Å². The highest BCUT2D eigenvalue weighted by Gasteiger charge is 2.24. The minimum atomic E-state index is 0.273. The quantitative estimate of drug-likeness (QED) is 0.922. The summed E-state index contributed by atoms with van der Waals surface area (Å²) in [5.74, 6) is 1.88. The van der Waals surface area contributed by atoms with E-state index < -0.39 is 0 Å². The van der Waals surface area contributed by atoms with Gasteiger partial charge in [0.2, 0.25) is 5.89 Å². The molecule has 2 N–H and O–H groups in total. The molecule has 0 amide bonds. The van der Waals surface area contributed by atoms with E-state index in [4.69, 9.17) is 10.3 Å². The molecular formula is C15H20N4O. The van der Waals surface area contributed by atoms with Gasteiger partial charge in [0.15, 0.2) is 5.82 Å². The second-order valence-electron chi connectivity index (χ2n) is 5.51. The lowest BCUT2D eigenvalue weighted by molar-refractivity contribution is 0.273. The van der Waals surface area contributed by atoms with Crippen LogP contribution in [0.4, 0.5) is 0 Å². The molecule has 2 heterocycles. The minimum Gasteiger partial charge on any atom is -0.339 e. The van der Waals surface area contributed by atoms with E-state index in [2.05, 4.69) is 15.1 Å². The molecule has 0 bridgehead atoms. The molecule has 1 fully saturated rings. The molecule has 2 aromatic heterocycles. The Morgan fingerprint density at radius 1 is 1.25 bits per heavy atom. The highest BCUT2D eigenvalue weighted by Crippen LogP contribution is 2.25. The van der Waals surface area contributed by atoms with Crippen LogP contribution in [-0.4, -0.2) is 21.2 Å². The lowest BCUT2D eigenvalue weighted by atomic mass is 9.83. The van der Waals surface area contributed by atoms with Gasteiger partial charge >= 0.3 is 0 Å². The number of nitrogens with two attached hydrogens (primary N) is 1. The number of hydrogen-bond donors (Lipinski definition) is 1. The van der Waals surface area contributed by atoms with Crippen LogP contribution in [0, 0.1) is 5.92 Å². The van der Waals surface area contributed by atoms with Gasteiger partial charge in [-0.3, -0.25) is 4.98 Å². The van der Waals surface area contributed by atoms with E-state index in [1.165, 1.54) is 19.3 Å². The molecular weight excluding hydrogens is 252 g/mol. The molecule has 20 heavy (non-hydrogen) atoms. The molecule has 1 saturated carbocycles. The maximum atomic E-state index is 6.16. The third-order valence-corrected chi connectivity index (χ3v) is 3.98. The maximum absolute atomic E-state index is 6.16. The third kappa shape index (κ3) is 3.22. The van der Waals surface area contributed by atoms with Crippen molar-refractivity contribution in [3.05, 3.63) is 41.8 Å². The summed E-state index contributed by atoms with van der Waals surface area (Å²) in [6, 6.07) is 6.10. The molecule has 3 rings (SSSR count). The highest BCUT2D eigenvalue weighted by molar-refractivity contribution is 5.09. The Balaban J connectivity index is 1.62. The van der Waals surface area contributed by atoms with Gasteiger partial charge in [-0.15, -0.1) is 0 Å². The fraction of sp³-hybridized carbons (Fsp3) is 0.533. The van der Waals surface area contributed by atoms with Crippen LogP contribution >= 0.6 is 0 Å². The number of rotatable bonds is 4. The highest BCUT2D eigenvalue weighted by atomic mass is 16.5. The molecule has 2 aromatic rings. The van der Waals surface area contributed by atoms with E-state index in [1.807, 2.05) is 18.2 Å². The van der Waals surface area contributed by atoms with Crippen LogP contribution in [0.1, 0.15) is 43.1 Å². The SMILES string of the molecule is NC1CCCCC1Cc1nc(Cc2ccccn2)no1. The van der Waals surface area contributed by atoms with E-state index in [9.17, 15) is 0 Å². The predicted octanol–water partition coefficient (Wildman–Crippen LogP) is 2.12. The van der Waals surface area contributed by atoms with Crippen molar-refractivity contribution in [2.24, 2.45) is 11.7 Å². The van der Waals surface area contributed by atoms with Gasteiger partial charge in [-0.05, 0) is 30.9 Å². The fourth-order valence-corrected chi connectivity index (χ4v) is 2.82. The average molecular weight is 272 g/mol. The lowest BCUT2D eigenvalue weighted by Gasteiger charge is -2.27. The van der Waals surface area contributed by atoms with Crippen molar-refractivity contribution in [2.75, 3.05) is 0 Å². The maximum Gasteiger partial charge on any atom is 0.226 e. The Labute approximate surface area is 118 Å². The van der Waals surface area contributed by atoms with Crippen LogP contribution in [0.15, 0.2) is 28.9 Å². The van der Waals surface area contributed by atoms with Crippen molar-refractivity contribution in [2.45, 2.75) is 44.6 Å². The van der Waals surface area contributed by atoms with Gasteiger partial charge in [-0.25, -0.2) is 0 Å². The van der Waals surface area contributed by atoms with Gasteiger partial charge in [0.25, 0.3) is 0 Å². The number of pyridine rings is 1. The Bertz CT molecular complexity index is 540. The molecule has 0 saturated heterocycles. The average Bonchev–Trinajstić information content (AvgIpc) is 2.90. The molecule has 2 unspecified atom stereocenters. The molecule has 0 aliphatic heterocycles. The molecule has 5 heteroatoms. The molecule has 106 valence electrons. The number of aromatic nitrogens is 3. The van der Waals surface area contributed by atoms with Crippen LogP contribution in [0.2, 0.25) is 0 Å². The molecule has 5 nitrogen and oxygen atoms in total. The van der Waals surface area contributed by atoms with Crippen LogP contribution in [0.5, 0.6) is 0 Å². The first-order chi connectivity index (χ1) is 9.81. The fourth-order valence-electron chi connectivity index (χ4n) is 2.82. The van der Waals surface area contributed by atoms with Crippen LogP contribution < -0.4 is 5.73 Å². The summed E-state index contributed by atoms with van der Waals surface area (Å²) in [5.41, 5.74) is 7.11. The summed E-state index contributed by atoms with van der Waals surface area (Å²) in [4.78, 5) is 8.73. The monoisotopic (exact) mass is 272 g/mol. The summed E-state index contributed by atoms with van der Waals surface area (Å²) in [6.45, 7) is 0. The topological polar surface area (TPSA) is 77.8 Å². The molecule has 1 aliphatic carbocycles. The summed E-state index contributed by atoms with van der Waals surface area (Å²) in [6.07, 6.45) is 7.97. The molecule has 1 aliphatic rings. The van der Waals surface area contributed by atoms with Crippen LogP contribution in [-0.2, 0) is 12.8 Å². The van der Waals surface area contributed by atoms with E-state index in [1.54, 1.807) is 6.20 Å². The van der Waals surface area contributed by atoms with Crippen molar-refractivity contribution in [1.29, 1.82) is 0 Å². The lowest BCUT2D eigenvalue weighted by Crippen LogP contribution is -2.34. The zero-order valence-corrected chi connectivity index (χ0v) is 11.5. The van der Waals surface area contributed by atoms with Crippen LogP contribution in [0.25, 0.3) is 0 Å². The van der Waals surface area contributed by atoms with E-state index in [0.717, 1.165) is 18.5 Å². The zero-order valence-electron chi connectivity index (χ0n) is 11.5. The van der Waals surface area contributed by atoms with Gasteiger partial charge in [-0.1, -0.05) is 24.1 Å². The molecule has 0 radical (unpaired) electrons. The second kappa shape index (κ2) is 6.13. The van der Waals surface area contributed by atoms with Crippen LogP contribution in [0.3, 0.4) is 0 Å². The first kappa shape index (κ1) is 13.2. The summed E-state index contributed by atoms with van der Waals surface area (Å²) in [7, 11) is 0. The van der Waals surface area contributed by atoms with Gasteiger partial charge in [0.1, 0.15) is 0 Å². The van der Waals surface area contributed by atoms with E-state index >= 15 is 0 Å². The normalized spacial score (nSPS) is 22.9. The smallest absolute Gasteiger partial charge is 0.226 e. The third-order valence-electron chi connectivity index (χ3n) is 3.98. The summed E-state index contributed by atoms with van der Waals surface area (Å²) < 4.78 is 5.34. The standard InChI is InChI=1S/C15H20N4O/c16-13-7-2-1-5-11(13)9-15-18-14(19-20-15)10-12-6-3-4-8-17-12/h3-4,6,8,11,13H,1-2,5,7,9-10,16H2. The first-order valence-electron chi connectivity index (χ1n) is 7.28. The van der Waals surface area contributed by atoms with E-state index in [-0.39, 0.29) is 6.04 Å². The van der Waals surface area contributed by atoms with Gasteiger partial charge in [0, 0.05) is 24.4 Å². The summed E-state index contributed by atoms with van der Waals surface area (Å²) >= 11 is 0. The van der Waals surface area contributed by atoms with Gasteiger partial charge in [-0.2, -0.15) is 4.98 Å². The van der Waals surface area contributed by atoms with Crippen molar-refractivity contribution in [3.63, 3.8) is 0 Å². The van der Waals surface area contributed by atoms with Crippen molar-refractivity contribution >= 4 is 0 Å². The molecule has 0 aromatic carbocycles. The first-order valence-corrected chi connectivity index (χ1v) is 7.28. The van der Waals surface area contributed by atoms with E-state index in [0.29, 0.717) is 24.1 Å². The minimum absolute atomic E-state index is 0.273. The second-order valence-corrected chi connectivity index (χ2v) is 5.51.